The quantitative estimate of drug-likeness (QED) is 0.405. The molecule has 0 aliphatic carbocycles. The molecule has 0 aromatic rings. The van der Waals surface area contributed by atoms with Crippen LogP contribution in [0.4, 0.5) is 4.79 Å². The molecule has 0 heterocycles. The van der Waals surface area contributed by atoms with Gasteiger partial charge in [0.05, 0.1) is 0 Å². The number of hydrogen-bond acceptors (Lipinski definition) is 4. The lowest BCUT2D eigenvalue weighted by Crippen LogP contribution is -2.30. The van der Waals surface area contributed by atoms with Crippen LogP contribution in [-0.4, -0.2) is 12.0 Å². The smallest absolute Gasteiger partial charge is 0.356 e. The van der Waals surface area contributed by atoms with E-state index >= 15 is 0 Å². The minimum absolute atomic E-state index is 0.500. The van der Waals surface area contributed by atoms with Crippen LogP contribution in [0.15, 0.2) is 0 Å². The molecule has 0 rings (SSSR count). The van der Waals surface area contributed by atoms with Gasteiger partial charge in [0, 0.05) is 6.92 Å². The monoisotopic (exact) mass is 118 g/mol. The molecule has 3 N–H and O–H groups in total. The lowest BCUT2D eigenvalue weighted by atomic mass is 10.7. The van der Waals surface area contributed by atoms with Crippen molar-refractivity contribution < 1.29 is 14.4 Å². The fourth-order valence-corrected chi connectivity index (χ4v) is 0.173. The Kier molecular flexibility index (Phi) is 2.57. The Balaban J connectivity index is 3.40. The normalized spacial score (nSPS) is 7.75. The largest absolute Gasteiger partial charge is 0.432 e. The topological polar surface area (TPSA) is 81.4 Å². The third kappa shape index (κ3) is 3.10. The molecule has 5 heteroatoms. The van der Waals surface area contributed by atoms with Crippen molar-refractivity contribution in [1.82, 2.24) is 5.32 Å². The molecule has 0 saturated carbocycles. The summed E-state index contributed by atoms with van der Waals surface area (Å²) in [6.07, 6.45) is -0.947. The fraction of sp³-hybridized carbons (Fsp3) is 0.333. The molecule has 0 spiro atoms. The summed E-state index contributed by atoms with van der Waals surface area (Å²) in [5.74, 6) is 3.86. The minimum Gasteiger partial charge on any atom is -0.356 e. The fourth-order valence-electron chi connectivity index (χ4n) is 0.173. The SMILES string of the molecule is CC(=O)NC(=O)ON. The standard InChI is InChI=1S/C3H6N2O3/c1-2(6)5-3(7)8-4/h4H2,1H3,(H,5,6,7). The van der Waals surface area contributed by atoms with Crippen molar-refractivity contribution in [3.63, 3.8) is 0 Å². The lowest BCUT2D eigenvalue weighted by Gasteiger charge is -1.93. The summed E-state index contributed by atoms with van der Waals surface area (Å²) in [7, 11) is 0. The van der Waals surface area contributed by atoms with E-state index in [9.17, 15) is 9.59 Å². The van der Waals surface area contributed by atoms with Crippen LogP contribution in [0.5, 0.6) is 0 Å². The molecule has 2 amide bonds. The molecule has 0 radical (unpaired) electrons. The van der Waals surface area contributed by atoms with Gasteiger partial charge in [0.15, 0.2) is 0 Å². The van der Waals surface area contributed by atoms with Crippen molar-refractivity contribution in [3.05, 3.63) is 0 Å². The van der Waals surface area contributed by atoms with Gasteiger partial charge in [-0.2, -0.15) is 5.90 Å². The maximum atomic E-state index is 9.95. The van der Waals surface area contributed by atoms with Gasteiger partial charge in [-0.25, -0.2) is 4.79 Å². The first-order chi connectivity index (χ1) is 3.66. The Morgan fingerprint density at radius 1 is 1.62 bits per heavy atom. The maximum absolute atomic E-state index is 9.95. The minimum atomic E-state index is -0.947. The Bertz CT molecular complexity index is 111. The predicted molar refractivity (Wildman–Crippen MR) is 24.5 cm³/mol. The zero-order valence-corrected chi connectivity index (χ0v) is 4.30. The van der Waals surface area contributed by atoms with Crippen molar-refractivity contribution in [2.24, 2.45) is 5.90 Å². The molecule has 5 nitrogen and oxygen atoms in total. The molecule has 0 saturated heterocycles. The molecule has 0 aromatic carbocycles. The van der Waals surface area contributed by atoms with E-state index in [-0.39, 0.29) is 0 Å². The second-order valence-electron chi connectivity index (χ2n) is 1.09. The summed E-state index contributed by atoms with van der Waals surface area (Å²) in [6.45, 7) is 1.18. The molecule has 0 unspecified atom stereocenters. The highest BCUT2D eigenvalue weighted by Gasteiger charge is 1.99. The summed E-state index contributed by atoms with van der Waals surface area (Å²) in [6, 6.07) is 0. The zero-order valence-electron chi connectivity index (χ0n) is 4.30. The highest BCUT2D eigenvalue weighted by atomic mass is 16.7. The zero-order chi connectivity index (χ0) is 6.57. The van der Waals surface area contributed by atoms with Crippen LogP contribution in [0.3, 0.4) is 0 Å². The molecule has 8 heavy (non-hydrogen) atoms. The Morgan fingerprint density at radius 3 is 2.25 bits per heavy atom. The molecule has 0 atom stereocenters. The third-order valence-corrected chi connectivity index (χ3v) is 0.385. The van der Waals surface area contributed by atoms with Crippen LogP contribution in [-0.2, 0) is 9.63 Å². The van der Waals surface area contributed by atoms with Crippen molar-refractivity contribution in [3.8, 4) is 0 Å². The van der Waals surface area contributed by atoms with Gasteiger partial charge in [-0.15, -0.1) is 0 Å². The molecule has 0 aliphatic heterocycles. The Morgan fingerprint density at radius 2 is 2.12 bits per heavy atom. The average molecular weight is 118 g/mol. The van der Waals surface area contributed by atoms with E-state index in [4.69, 9.17) is 0 Å². The first kappa shape index (κ1) is 6.90. The molecule has 0 aliphatic rings. The third-order valence-electron chi connectivity index (χ3n) is 0.385. The van der Waals surface area contributed by atoms with Crippen molar-refractivity contribution in [2.75, 3.05) is 0 Å². The van der Waals surface area contributed by atoms with Gasteiger partial charge in [-0.05, 0) is 0 Å². The Hall–Kier alpha value is -1.10. The number of carbonyl (C=O) groups is 2. The molecular formula is C3H6N2O3. The number of carbonyl (C=O) groups excluding carboxylic acids is 2. The van der Waals surface area contributed by atoms with E-state index < -0.39 is 12.0 Å². The van der Waals surface area contributed by atoms with Gasteiger partial charge < -0.3 is 4.84 Å². The second-order valence-corrected chi connectivity index (χ2v) is 1.09. The summed E-state index contributed by atoms with van der Waals surface area (Å²) in [5, 5.41) is 1.77. The van der Waals surface area contributed by atoms with E-state index in [1.165, 1.54) is 6.92 Å². The Labute approximate surface area is 45.7 Å². The van der Waals surface area contributed by atoms with Crippen molar-refractivity contribution in [1.29, 1.82) is 0 Å². The highest BCUT2D eigenvalue weighted by molar-refractivity contribution is 5.89. The van der Waals surface area contributed by atoms with Gasteiger partial charge in [-0.3, -0.25) is 10.1 Å². The van der Waals surface area contributed by atoms with Gasteiger partial charge in [-0.1, -0.05) is 0 Å². The van der Waals surface area contributed by atoms with Gasteiger partial charge >= 0.3 is 6.09 Å². The summed E-state index contributed by atoms with van der Waals surface area (Å²) in [5.41, 5.74) is 0. The molecule has 46 valence electrons. The molecule has 0 fully saturated rings. The number of imide groups is 1. The van der Waals surface area contributed by atoms with Crippen LogP contribution >= 0.6 is 0 Å². The van der Waals surface area contributed by atoms with Crippen molar-refractivity contribution >= 4 is 12.0 Å². The van der Waals surface area contributed by atoms with Crippen LogP contribution in [0.2, 0.25) is 0 Å². The van der Waals surface area contributed by atoms with E-state index in [2.05, 4.69) is 10.7 Å². The molecule has 0 aromatic heterocycles. The summed E-state index contributed by atoms with van der Waals surface area (Å²) >= 11 is 0. The number of rotatable bonds is 0. The number of amides is 2. The van der Waals surface area contributed by atoms with E-state index in [0.717, 1.165) is 0 Å². The summed E-state index contributed by atoms with van der Waals surface area (Å²) in [4.78, 5) is 23.5. The van der Waals surface area contributed by atoms with E-state index in [1.54, 1.807) is 5.32 Å². The number of nitrogens with two attached hydrogens (primary N) is 1. The highest BCUT2D eigenvalue weighted by Crippen LogP contribution is 1.65. The molecular weight excluding hydrogens is 112 g/mol. The number of nitrogens with one attached hydrogen (secondary N) is 1. The second kappa shape index (κ2) is 2.98. The van der Waals surface area contributed by atoms with E-state index in [0.29, 0.717) is 0 Å². The predicted octanol–water partition coefficient (Wildman–Crippen LogP) is -0.867. The lowest BCUT2D eigenvalue weighted by molar-refractivity contribution is -0.118. The first-order valence-electron chi connectivity index (χ1n) is 1.85. The van der Waals surface area contributed by atoms with Gasteiger partial charge in [0.1, 0.15) is 0 Å². The van der Waals surface area contributed by atoms with Crippen LogP contribution in [0, 0.1) is 0 Å². The number of hydrogen-bond donors (Lipinski definition) is 2. The van der Waals surface area contributed by atoms with Crippen LogP contribution in [0.25, 0.3) is 0 Å². The first-order valence-corrected chi connectivity index (χ1v) is 1.85. The maximum Gasteiger partial charge on any atom is 0.432 e. The molecule has 0 bridgehead atoms. The average Bonchev–Trinajstić information content (AvgIpc) is 1.65. The van der Waals surface area contributed by atoms with Crippen molar-refractivity contribution in [2.45, 2.75) is 6.92 Å². The van der Waals surface area contributed by atoms with Crippen LogP contribution in [0.1, 0.15) is 6.92 Å². The summed E-state index contributed by atoms with van der Waals surface area (Å²) < 4.78 is 0. The van der Waals surface area contributed by atoms with E-state index in [1.807, 2.05) is 0 Å². The van der Waals surface area contributed by atoms with Gasteiger partial charge in [0.25, 0.3) is 0 Å². The van der Waals surface area contributed by atoms with Crippen LogP contribution < -0.4 is 11.2 Å². The van der Waals surface area contributed by atoms with Gasteiger partial charge in [0.2, 0.25) is 5.91 Å².